The van der Waals surface area contributed by atoms with Gasteiger partial charge < -0.3 is 45.6 Å². The highest BCUT2D eigenvalue weighted by atomic mass is 16.5. The fourth-order valence-corrected chi connectivity index (χ4v) is 9.56. The molecule has 0 amide bonds. The molecule has 4 bridgehead atoms. The molecule has 11 heteroatoms. The number of aryl methyl sites for hydroxylation is 2. The Morgan fingerprint density at radius 3 is 2.50 bits per heavy atom. The number of aromatic nitrogens is 2. The molecule has 5 aromatic rings. The first-order valence-corrected chi connectivity index (χ1v) is 21.4. The summed E-state index contributed by atoms with van der Waals surface area (Å²) in [5, 5.41) is 58.9. The van der Waals surface area contributed by atoms with Gasteiger partial charge in [-0.2, -0.15) is 0 Å². The zero-order valence-electron chi connectivity index (χ0n) is 33.8. The maximum absolute atomic E-state index is 15.2. The molecule has 314 valence electrons. The molecule has 3 aliphatic rings. The molecule has 3 aromatic carbocycles. The SMILES string of the molecule is O=C1CCc2cc(OC3CCCC3)c(O)c(c2)C(O)c2cccc(c2)Cc2cc[nH]c2NCC2=Cc3[nH]ccc3C(CC(O)CCc3cccc(O)c3)C2C(=O)C1CCO. The molecule has 1 aliphatic heterocycles. The van der Waals surface area contributed by atoms with Crippen molar-refractivity contribution in [2.24, 2.45) is 11.8 Å². The summed E-state index contributed by atoms with van der Waals surface area (Å²) in [7, 11) is 0. The number of hydrogen-bond acceptors (Lipinski definition) is 9. The van der Waals surface area contributed by atoms with Crippen LogP contribution in [-0.2, 0) is 28.9 Å². The van der Waals surface area contributed by atoms with Gasteiger partial charge in [0, 0.05) is 61.5 Å². The number of carbonyl (C=O) groups excluding carboxylic acids is 2. The number of phenolic OH excluding ortho intramolecular Hbond substituents is 2. The fraction of sp³-hybridized carbons (Fsp3) is 0.388. The van der Waals surface area contributed by atoms with E-state index in [9.17, 15) is 30.3 Å². The van der Waals surface area contributed by atoms with Crippen LogP contribution in [0.3, 0.4) is 0 Å². The number of phenols is 2. The first-order valence-electron chi connectivity index (χ1n) is 21.4. The van der Waals surface area contributed by atoms with E-state index in [1.54, 1.807) is 30.3 Å². The third kappa shape index (κ3) is 9.08. The molecular weight excluding hydrogens is 759 g/mol. The molecule has 8 rings (SSSR count). The largest absolute Gasteiger partial charge is 0.508 e. The second-order valence-corrected chi connectivity index (χ2v) is 16.8. The van der Waals surface area contributed by atoms with Crippen molar-refractivity contribution in [1.82, 2.24) is 9.97 Å². The van der Waals surface area contributed by atoms with Crippen LogP contribution in [0.25, 0.3) is 6.08 Å². The van der Waals surface area contributed by atoms with Crippen molar-refractivity contribution < 1.29 is 39.9 Å². The minimum Gasteiger partial charge on any atom is -0.508 e. The average molecular weight is 814 g/mol. The lowest BCUT2D eigenvalue weighted by Crippen LogP contribution is -2.38. The minimum absolute atomic E-state index is 0.0163. The number of aromatic amines is 2. The molecule has 5 unspecified atom stereocenters. The lowest BCUT2D eigenvalue weighted by molar-refractivity contribution is -0.135. The van der Waals surface area contributed by atoms with Gasteiger partial charge in [-0.25, -0.2) is 0 Å². The Labute approximate surface area is 350 Å². The van der Waals surface area contributed by atoms with E-state index >= 15 is 4.79 Å². The van der Waals surface area contributed by atoms with Crippen LogP contribution in [-0.4, -0.2) is 72.4 Å². The number of aromatic hydroxyl groups is 2. The third-order valence-electron chi connectivity index (χ3n) is 12.7. The van der Waals surface area contributed by atoms with Crippen LogP contribution < -0.4 is 10.1 Å². The average Bonchev–Trinajstić information content (AvgIpc) is 4.04. The predicted molar refractivity (Wildman–Crippen MR) is 229 cm³/mol. The van der Waals surface area contributed by atoms with Crippen LogP contribution in [0.4, 0.5) is 5.82 Å². The second kappa shape index (κ2) is 18.3. The summed E-state index contributed by atoms with van der Waals surface area (Å²) in [6, 6.07) is 22.0. The summed E-state index contributed by atoms with van der Waals surface area (Å²) in [5.74, 6) is -1.93. The molecule has 0 saturated heterocycles. The topological polar surface area (TPSA) is 188 Å². The summed E-state index contributed by atoms with van der Waals surface area (Å²) in [6.45, 7) is -0.0933. The van der Waals surface area contributed by atoms with Crippen molar-refractivity contribution in [3.63, 3.8) is 0 Å². The van der Waals surface area contributed by atoms with Crippen LogP contribution in [0.2, 0.25) is 0 Å². The van der Waals surface area contributed by atoms with Crippen molar-refractivity contribution in [3.05, 3.63) is 135 Å². The minimum atomic E-state index is -1.18. The third-order valence-corrected chi connectivity index (χ3v) is 12.7. The van der Waals surface area contributed by atoms with Crippen LogP contribution >= 0.6 is 0 Å². The van der Waals surface area contributed by atoms with Gasteiger partial charge in [-0.1, -0.05) is 36.4 Å². The number of carbonyl (C=O) groups is 2. The fourth-order valence-electron chi connectivity index (χ4n) is 9.56. The van der Waals surface area contributed by atoms with Crippen molar-refractivity contribution in [2.45, 2.75) is 94.9 Å². The summed E-state index contributed by atoms with van der Waals surface area (Å²) in [4.78, 5) is 36.2. The lowest BCUT2D eigenvalue weighted by Gasteiger charge is -2.35. The molecular formula is C49H55N3O8. The van der Waals surface area contributed by atoms with Crippen LogP contribution in [0, 0.1) is 11.8 Å². The number of aliphatic hydroxyl groups excluding tert-OH is 3. The van der Waals surface area contributed by atoms with Gasteiger partial charge in [0.15, 0.2) is 17.3 Å². The maximum Gasteiger partial charge on any atom is 0.163 e. The molecule has 60 heavy (non-hydrogen) atoms. The van der Waals surface area contributed by atoms with Gasteiger partial charge >= 0.3 is 0 Å². The summed E-state index contributed by atoms with van der Waals surface area (Å²) in [6.07, 6.45) is 9.25. The van der Waals surface area contributed by atoms with Crippen molar-refractivity contribution in [2.75, 3.05) is 18.5 Å². The van der Waals surface area contributed by atoms with E-state index in [1.165, 1.54) is 0 Å². The first kappa shape index (κ1) is 41.1. The van der Waals surface area contributed by atoms with Crippen LogP contribution in [0.1, 0.15) is 108 Å². The Bertz CT molecular complexity index is 2340. The molecule has 8 N–H and O–H groups in total. The summed E-state index contributed by atoms with van der Waals surface area (Å²) < 4.78 is 6.34. The number of benzene rings is 3. The van der Waals surface area contributed by atoms with E-state index in [2.05, 4.69) is 15.3 Å². The van der Waals surface area contributed by atoms with Gasteiger partial charge in [-0.3, -0.25) is 9.59 Å². The van der Waals surface area contributed by atoms with Gasteiger partial charge in [0.2, 0.25) is 0 Å². The number of aliphatic hydroxyl groups is 3. The smallest absolute Gasteiger partial charge is 0.163 e. The normalized spacial score (nSPS) is 21.7. The quantitative estimate of drug-likeness (QED) is 0.0701. The highest BCUT2D eigenvalue weighted by Gasteiger charge is 2.42. The number of rotatable bonds is 9. The Morgan fingerprint density at radius 1 is 0.867 bits per heavy atom. The van der Waals surface area contributed by atoms with Gasteiger partial charge in [0.25, 0.3) is 0 Å². The molecule has 3 heterocycles. The van der Waals surface area contributed by atoms with Gasteiger partial charge in [0.1, 0.15) is 23.5 Å². The van der Waals surface area contributed by atoms with E-state index in [0.717, 1.165) is 65.0 Å². The van der Waals surface area contributed by atoms with Crippen molar-refractivity contribution in [3.8, 4) is 17.2 Å². The Balaban J connectivity index is 1.17. The summed E-state index contributed by atoms with van der Waals surface area (Å²) in [5.41, 5.74) is 6.84. The number of hydrogen-bond donors (Lipinski definition) is 8. The molecule has 11 nitrogen and oxygen atoms in total. The monoisotopic (exact) mass is 813 g/mol. The van der Waals surface area contributed by atoms with Gasteiger partial charge in [-0.05, 0) is 139 Å². The van der Waals surface area contributed by atoms with Crippen LogP contribution in [0.15, 0.2) is 90.8 Å². The highest BCUT2D eigenvalue weighted by Crippen LogP contribution is 2.45. The number of H-pyrrole nitrogens is 2. The van der Waals surface area contributed by atoms with Gasteiger partial charge in [0.05, 0.1) is 18.1 Å². The Morgan fingerprint density at radius 2 is 1.68 bits per heavy atom. The zero-order chi connectivity index (χ0) is 41.8. The summed E-state index contributed by atoms with van der Waals surface area (Å²) >= 11 is 0. The highest BCUT2D eigenvalue weighted by molar-refractivity contribution is 6.05. The Hall–Kier alpha value is -5.62. The van der Waals surface area contributed by atoms with E-state index in [1.807, 2.05) is 60.9 Å². The molecule has 0 radical (unpaired) electrons. The van der Waals surface area contributed by atoms with E-state index < -0.39 is 30.0 Å². The number of nitrogens with one attached hydrogen (secondary N) is 3. The van der Waals surface area contributed by atoms with Gasteiger partial charge in [-0.15, -0.1) is 0 Å². The maximum atomic E-state index is 15.2. The van der Waals surface area contributed by atoms with Crippen LogP contribution in [0.5, 0.6) is 17.2 Å². The zero-order valence-corrected chi connectivity index (χ0v) is 33.8. The first-order chi connectivity index (χ1) is 29.1. The number of fused-ring (bicyclic) bond motifs is 7. The lowest BCUT2D eigenvalue weighted by atomic mass is 9.68. The van der Waals surface area contributed by atoms with Crippen molar-refractivity contribution >= 4 is 23.5 Å². The number of anilines is 1. The predicted octanol–water partition coefficient (Wildman–Crippen LogP) is 7.42. The van der Waals surface area contributed by atoms with E-state index in [4.69, 9.17) is 4.74 Å². The van der Waals surface area contributed by atoms with E-state index in [0.29, 0.717) is 30.4 Å². The molecule has 2 aromatic heterocycles. The Kier molecular flexibility index (Phi) is 12.6. The number of ketones is 2. The van der Waals surface area contributed by atoms with E-state index in [-0.39, 0.29) is 79.3 Å². The molecule has 1 saturated carbocycles. The molecule has 0 spiro atoms. The number of Topliss-reactive ketones (excluding diaryl/α,β-unsaturated/α-hetero) is 2. The second-order valence-electron chi connectivity index (χ2n) is 16.8. The number of ether oxygens (including phenoxy) is 1. The van der Waals surface area contributed by atoms with Crippen molar-refractivity contribution in [1.29, 1.82) is 0 Å². The molecule has 5 atom stereocenters. The molecule has 1 fully saturated rings. The standard InChI is InChI=1S/C49H55N3O8/c53-20-17-39-43(56)14-12-31-24-41(47(58)44(25-31)60-37-9-1-2-10-37)46(57)32-7-3-6-30(21-32)22-33-15-18-51-49(33)52-28-34-26-42-38(16-19-50-42)40(45(34)48(39)59)27-36(55)13-11-29-5-4-8-35(54)23-29/h3-8,15-16,18-19,21,23-26,36-37,39-40,45-46,50-55,57-58H,1-2,9-14,17,20,22,27-28H2. The molecule has 2 aliphatic carbocycles.